The lowest BCUT2D eigenvalue weighted by molar-refractivity contribution is -0.161. The van der Waals surface area contributed by atoms with Crippen LogP contribution in [0.15, 0.2) is 12.1 Å². The fourth-order valence-electron chi connectivity index (χ4n) is 1.40. The van der Waals surface area contributed by atoms with E-state index in [9.17, 15) is 18.0 Å². The van der Waals surface area contributed by atoms with Crippen LogP contribution in [-0.2, 0) is 4.74 Å². The van der Waals surface area contributed by atoms with Crippen molar-refractivity contribution in [2.24, 2.45) is 0 Å². The summed E-state index contributed by atoms with van der Waals surface area (Å²) in [6.07, 6.45) is -4.50. The number of hydrogen-bond acceptors (Lipinski definition) is 2. The van der Waals surface area contributed by atoms with Crippen molar-refractivity contribution in [3.63, 3.8) is 0 Å². The van der Waals surface area contributed by atoms with Gasteiger partial charge in [-0.25, -0.2) is 4.79 Å². The molecule has 0 aromatic heterocycles. The average Bonchev–Trinajstić information content (AvgIpc) is 2.22. The van der Waals surface area contributed by atoms with Crippen molar-refractivity contribution in [1.82, 2.24) is 0 Å². The number of rotatable bonds is 2. The van der Waals surface area contributed by atoms with E-state index in [1.165, 1.54) is 6.07 Å². The molecular weight excluding hydrogens is 233 g/mol. The molecule has 0 aliphatic rings. The van der Waals surface area contributed by atoms with E-state index >= 15 is 0 Å². The van der Waals surface area contributed by atoms with Gasteiger partial charge in [0.1, 0.15) is 0 Å². The minimum Gasteiger partial charge on any atom is -0.452 e. The molecule has 17 heavy (non-hydrogen) atoms. The first-order chi connectivity index (χ1) is 7.72. The smallest absolute Gasteiger partial charge is 0.422 e. The second kappa shape index (κ2) is 4.77. The van der Waals surface area contributed by atoms with E-state index < -0.39 is 18.8 Å². The van der Waals surface area contributed by atoms with Crippen LogP contribution in [0.25, 0.3) is 0 Å². The number of halogens is 3. The Morgan fingerprint density at radius 3 is 2.29 bits per heavy atom. The molecule has 0 amide bonds. The van der Waals surface area contributed by atoms with Crippen molar-refractivity contribution in [2.45, 2.75) is 26.9 Å². The quantitative estimate of drug-likeness (QED) is 0.748. The Balaban J connectivity index is 2.87. The third-order valence-electron chi connectivity index (χ3n) is 2.64. The number of aryl methyl sites for hydroxylation is 1. The lowest BCUT2D eigenvalue weighted by atomic mass is 9.99. The van der Waals surface area contributed by atoms with Gasteiger partial charge in [0.25, 0.3) is 0 Å². The minimum atomic E-state index is -4.50. The maximum absolute atomic E-state index is 11.9. The van der Waals surface area contributed by atoms with Gasteiger partial charge in [0, 0.05) is 0 Å². The third-order valence-corrected chi connectivity index (χ3v) is 2.64. The summed E-state index contributed by atoms with van der Waals surface area (Å²) in [6.45, 7) is 3.81. The van der Waals surface area contributed by atoms with Gasteiger partial charge in [-0.3, -0.25) is 0 Å². The molecule has 1 aromatic carbocycles. The standard InChI is InChI=1S/C12H13F3O2/c1-7-4-5-10(9(3)8(7)2)11(16)17-6-12(13,14)15/h4-5H,6H2,1-3H3. The van der Waals surface area contributed by atoms with E-state index in [0.29, 0.717) is 5.56 Å². The van der Waals surface area contributed by atoms with E-state index in [0.717, 1.165) is 11.1 Å². The first-order valence-corrected chi connectivity index (χ1v) is 5.03. The van der Waals surface area contributed by atoms with Gasteiger partial charge in [0.15, 0.2) is 6.61 Å². The van der Waals surface area contributed by atoms with Gasteiger partial charge < -0.3 is 4.74 Å². The molecule has 0 fully saturated rings. The molecule has 0 N–H and O–H groups in total. The van der Waals surface area contributed by atoms with Crippen molar-refractivity contribution in [3.8, 4) is 0 Å². The van der Waals surface area contributed by atoms with Gasteiger partial charge in [-0.2, -0.15) is 13.2 Å². The van der Waals surface area contributed by atoms with Gasteiger partial charge in [-0.15, -0.1) is 0 Å². The van der Waals surface area contributed by atoms with Crippen LogP contribution in [0.5, 0.6) is 0 Å². The van der Waals surface area contributed by atoms with Crippen LogP contribution in [0.4, 0.5) is 13.2 Å². The summed E-state index contributed by atoms with van der Waals surface area (Å²) >= 11 is 0. The molecule has 1 aromatic rings. The Labute approximate surface area is 97.4 Å². The molecule has 0 bridgehead atoms. The fourth-order valence-corrected chi connectivity index (χ4v) is 1.40. The summed E-state index contributed by atoms with van der Waals surface area (Å²) < 4.78 is 39.9. The van der Waals surface area contributed by atoms with Crippen LogP contribution in [0.2, 0.25) is 0 Å². The molecular formula is C12H13F3O2. The summed E-state index contributed by atoms with van der Waals surface area (Å²) in [7, 11) is 0. The third kappa shape index (κ3) is 3.47. The van der Waals surface area contributed by atoms with Crippen LogP contribution in [0.1, 0.15) is 27.0 Å². The van der Waals surface area contributed by atoms with Gasteiger partial charge in [-0.05, 0) is 43.5 Å². The zero-order chi connectivity index (χ0) is 13.2. The summed E-state index contributed by atoms with van der Waals surface area (Å²) in [5.74, 6) is -0.942. The van der Waals surface area contributed by atoms with Crippen molar-refractivity contribution in [1.29, 1.82) is 0 Å². The molecule has 0 radical (unpaired) electrons. The normalized spacial score (nSPS) is 11.4. The SMILES string of the molecule is Cc1ccc(C(=O)OCC(F)(F)F)c(C)c1C. The summed E-state index contributed by atoms with van der Waals surface area (Å²) in [5, 5.41) is 0. The predicted molar refractivity (Wildman–Crippen MR) is 57.0 cm³/mol. The van der Waals surface area contributed by atoms with E-state index in [2.05, 4.69) is 4.74 Å². The molecule has 0 unspecified atom stereocenters. The highest BCUT2D eigenvalue weighted by Crippen LogP contribution is 2.20. The molecule has 0 spiro atoms. The Morgan fingerprint density at radius 2 is 1.76 bits per heavy atom. The molecule has 0 saturated carbocycles. The highest BCUT2D eigenvalue weighted by atomic mass is 19.4. The van der Waals surface area contributed by atoms with Crippen LogP contribution in [0, 0.1) is 20.8 Å². The zero-order valence-electron chi connectivity index (χ0n) is 9.81. The number of ether oxygens (including phenoxy) is 1. The maximum atomic E-state index is 11.9. The number of hydrogen-bond donors (Lipinski definition) is 0. The second-order valence-electron chi connectivity index (χ2n) is 3.87. The fraction of sp³-hybridized carbons (Fsp3) is 0.417. The van der Waals surface area contributed by atoms with E-state index in [4.69, 9.17) is 0 Å². The number of carbonyl (C=O) groups is 1. The number of esters is 1. The second-order valence-corrected chi connectivity index (χ2v) is 3.87. The maximum Gasteiger partial charge on any atom is 0.422 e. The molecule has 94 valence electrons. The number of carbonyl (C=O) groups excluding carboxylic acids is 1. The topological polar surface area (TPSA) is 26.3 Å². The van der Waals surface area contributed by atoms with E-state index in [-0.39, 0.29) is 5.56 Å². The Hall–Kier alpha value is -1.52. The molecule has 2 nitrogen and oxygen atoms in total. The van der Waals surface area contributed by atoms with Crippen molar-refractivity contribution in [2.75, 3.05) is 6.61 Å². The zero-order valence-corrected chi connectivity index (χ0v) is 9.81. The Kier molecular flexibility index (Phi) is 3.80. The van der Waals surface area contributed by atoms with Crippen LogP contribution in [0.3, 0.4) is 0 Å². The van der Waals surface area contributed by atoms with Crippen LogP contribution < -0.4 is 0 Å². The highest BCUT2D eigenvalue weighted by molar-refractivity contribution is 5.91. The Morgan fingerprint density at radius 1 is 1.18 bits per heavy atom. The number of alkyl halides is 3. The minimum absolute atomic E-state index is 0.178. The monoisotopic (exact) mass is 246 g/mol. The Bertz CT molecular complexity index is 436. The molecule has 1 rings (SSSR count). The van der Waals surface area contributed by atoms with E-state index in [1.54, 1.807) is 13.0 Å². The first kappa shape index (κ1) is 13.5. The van der Waals surface area contributed by atoms with Crippen molar-refractivity contribution in [3.05, 3.63) is 34.4 Å². The summed E-state index contributed by atoms with van der Waals surface area (Å²) in [6, 6.07) is 3.17. The largest absolute Gasteiger partial charge is 0.452 e. The van der Waals surface area contributed by atoms with Crippen LogP contribution in [-0.4, -0.2) is 18.8 Å². The van der Waals surface area contributed by atoms with Crippen molar-refractivity contribution >= 4 is 5.97 Å². The molecule has 0 atom stereocenters. The van der Waals surface area contributed by atoms with Gasteiger partial charge in [-0.1, -0.05) is 6.07 Å². The average molecular weight is 246 g/mol. The molecule has 0 aliphatic heterocycles. The lowest BCUT2D eigenvalue weighted by Gasteiger charge is -2.12. The summed E-state index contributed by atoms with van der Waals surface area (Å²) in [4.78, 5) is 11.5. The predicted octanol–water partition coefficient (Wildman–Crippen LogP) is 3.33. The summed E-state index contributed by atoms with van der Waals surface area (Å²) in [5.41, 5.74) is 2.69. The van der Waals surface area contributed by atoms with Crippen molar-refractivity contribution < 1.29 is 22.7 Å². The highest BCUT2D eigenvalue weighted by Gasteiger charge is 2.30. The molecule has 0 heterocycles. The molecule has 5 heteroatoms. The number of benzene rings is 1. The van der Waals surface area contributed by atoms with Gasteiger partial charge in [0.2, 0.25) is 0 Å². The van der Waals surface area contributed by atoms with Gasteiger partial charge in [0.05, 0.1) is 5.56 Å². The lowest BCUT2D eigenvalue weighted by Crippen LogP contribution is -2.21. The first-order valence-electron chi connectivity index (χ1n) is 5.03. The van der Waals surface area contributed by atoms with Gasteiger partial charge >= 0.3 is 12.1 Å². The van der Waals surface area contributed by atoms with E-state index in [1.807, 2.05) is 13.8 Å². The molecule has 0 saturated heterocycles. The molecule has 0 aliphatic carbocycles. The van der Waals surface area contributed by atoms with Crippen LogP contribution >= 0.6 is 0 Å².